The minimum absolute atomic E-state index is 0.103. The number of likely N-dealkylation sites (tertiary alicyclic amines) is 1. The van der Waals surface area contributed by atoms with Gasteiger partial charge in [0.2, 0.25) is 5.88 Å². The lowest BCUT2D eigenvalue weighted by Crippen LogP contribution is -2.39. The Morgan fingerprint density at radius 3 is 2.59 bits per heavy atom. The zero-order valence-corrected chi connectivity index (χ0v) is 19.7. The number of aromatic hydroxyl groups is 2. The molecule has 0 aliphatic carbocycles. The van der Waals surface area contributed by atoms with E-state index < -0.39 is 5.97 Å². The van der Waals surface area contributed by atoms with E-state index in [2.05, 4.69) is 11.8 Å². The molecule has 1 atom stereocenters. The summed E-state index contributed by atoms with van der Waals surface area (Å²) in [5.74, 6) is 0.418. The molecule has 34 heavy (non-hydrogen) atoms. The van der Waals surface area contributed by atoms with Crippen molar-refractivity contribution in [2.75, 3.05) is 32.8 Å². The molecule has 0 spiro atoms. The second-order valence-corrected chi connectivity index (χ2v) is 8.93. The van der Waals surface area contributed by atoms with Gasteiger partial charge >= 0.3 is 5.97 Å². The molecular weight excluding hydrogens is 432 g/mol. The van der Waals surface area contributed by atoms with Crippen molar-refractivity contribution in [2.24, 2.45) is 5.92 Å². The lowest BCUT2D eigenvalue weighted by Gasteiger charge is -2.32. The first-order chi connectivity index (χ1) is 16.4. The first-order valence-corrected chi connectivity index (χ1v) is 11.7. The van der Waals surface area contributed by atoms with Crippen LogP contribution in [0.1, 0.15) is 34.3 Å². The third-order valence-corrected chi connectivity index (χ3v) is 6.25. The molecular formula is C27H32N2O5. The number of para-hydroxylation sites is 1. The van der Waals surface area contributed by atoms with E-state index in [9.17, 15) is 15.0 Å². The van der Waals surface area contributed by atoms with Gasteiger partial charge in [-0.25, -0.2) is 4.79 Å². The Bertz CT molecular complexity index is 1120. The fraction of sp³-hybridized carbons (Fsp3) is 0.370. The van der Waals surface area contributed by atoms with Gasteiger partial charge in [-0.05, 0) is 57.5 Å². The summed E-state index contributed by atoms with van der Waals surface area (Å²) in [4.78, 5) is 15.3. The zero-order valence-electron chi connectivity index (χ0n) is 19.7. The summed E-state index contributed by atoms with van der Waals surface area (Å²) < 4.78 is 12.8. The number of aromatic nitrogens is 1. The van der Waals surface area contributed by atoms with Crippen molar-refractivity contribution >= 4 is 5.97 Å². The molecule has 1 saturated heterocycles. The highest BCUT2D eigenvalue weighted by Crippen LogP contribution is 2.32. The second-order valence-electron chi connectivity index (χ2n) is 8.93. The number of benzene rings is 2. The summed E-state index contributed by atoms with van der Waals surface area (Å²) in [7, 11) is 0. The maximum Gasteiger partial charge on any atom is 0.340 e. The Kier molecular flexibility index (Phi) is 7.43. The van der Waals surface area contributed by atoms with Gasteiger partial charge in [-0.15, -0.1) is 0 Å². The van der Waals surface area contributed by atoms with Crippen molar-refractivity contribution in [1.82, 2.24) is 9.47 Å². The van der Waals surface area contributed by atoms with Gasteiger partial charge in [0.05, 0.1) is 17.9 Å². The van der Waals surface area contributed by atoms with E-state index >= 15 is 0 Å². The molecule has 1 aromatic heterocycles. The van der Waals surface area contributed by atoms with Crippen LogP contribution in [0.4, 0.5) is 0 Å². The number of carbonyl (C=O) groups excluding carboxylic acids is 1. The van der Waals surface area contributed by atoms with E-state index in [0.29, 0.717) is 30.0 Å². The Balaban J connectivity index is 1.31. The van der Waals surface area contributed by atoms with Gasteiger partial charge < -0.3 is 19.7 Å². The lowest BCUT2D eigenvalue weighted by atomic mass is 9.99. The number of carbonyl (C=O) groups is 1. The molecule has 0 saturated carbocycles. The van der Waals surface area contributed by atoms with Crippen molar-refractivity contribution in [1.29, 1.82) is 0 Å². The highest BCUT2D eigenvalue weighted by Gasteiger charge is 2.23. The summed E-state index contributed by atoms with van der Waals surface area (Å²) >= 11 is 0. The molecule has 7 nitrogen and oxygen atoms in total. The Morgan fingerprint density at radius 2 is 1.85 bits per heavy atom. The molecule has 1 aliphatic rings. The van der Waals surface area contributed by atoms with E-state index in [1.54, 1.807) is 31.2 Å². The minimum atomic E-state index is -0.472. The summed E-state index contributed by atoms with van der Waals surface area (Å²) in [6.45, 7) is 7.37. The first-order valence-electron chi connectivity index (χ1n) is 11.7. The Morgan fingerprint density at radius 1 is 1.09 bits per heavy atom. The third kappa shape index (κ3) is 5.54. The predicted molar refractivity (Wildman–Crippen MR) is 130 cm³/mol. The molecule has 7 heteroatoms. The number of rotatable bonds is 8. The van der Waals surface area contributed by atoms with Gasteiger partial charge in [0, 0.05) is 30.6 Å². The second kappa shape index (κ2) is 10.7. The maximum atomic E-state index is 12.9. The summed E-state index contributed by atoms with van der Waals surface area (Å²) in [6, 6.07) is 16.3. The molecule has 1 aliphatic heterocycles. The van der Waals surface area contributed by atoms with Gasteiger partial charge in [-0.2, -0.15) is 0 Å². The van der Waals surface area contributed by atoms with E-state index in [1.165, 1.54) is 16.2 Å². The summed E-state index contributed by atoms with van der Waals surface area (Å²) in [5.41, 5.74) is 2.41. The number of nitrogens with zero attached hydrogens (tertiary/aromatic N) is 2. The van der Waals surface area contributed by atoms with Crippen LogP contribution >= 0.6 is 0 Å². The third-order valence-electron chi connectivity index (χ3n) is 6.25. The normalized spacial score (nSPS) is 16.4. The number of piperidine rings is 1. The van der Waals surface area contributed by atoms with Crippen molar-refractivity contribution < 1.29 is 24.5 Å². The van der Waals surface area contributed by atoms with Gasteiger partial charge in [-0.1, -0.05) is 29.8 Å². The SMILES string of the molecule is Cc1ccc(OCCN2CCCC(COC(=O)c3ccccc3-n3c(O)cc(C)c3O)C2)cc1. The molecule has 4 rings (SSSR count). The highest BCUT2D eigenvalue weighted by molar-refractivity contribution is 5.93. The van der Waals surface area contributed by atoms with Crippen LogP contribution in [-0.4, -0.2) is 58.5 Å². The van der Waals surface area contributed by atoms with Crippen LogP contribution in [0.5, 0.6) is 17.5 Å². The molecule has 1 fully saturated rings. The predicted octanol–water partition coefficient (Wildman–Crippen LogP) is 4.45. The van der Waals surface area contributed by atoms with Crippen LogP contribution in [0.2, 0.25) is 0 Å². The van der Waals surface area contributed by atoms with Crippen molar-refractivity contribution in [3.8, 4) is 23.2 Å². The number of aryl methyl sites for hydroxylation is 2. The minimum Gasteiger partial charge on any atom is -0.494 e. The molecule has 2 heterocycles. The topological polar surface area (TPSA) is 84.2 Å². The lowest BCUT2D eigenvalue weighted by molar-refractivity contribution is 0.0344. The molecule has 2 N–H and O–H groups in total. The largest absolute Gasteiger partial charge is 0.494 e. The van der Waals surface area contributed by atoms with Gasteiger partial charge in [0.25, 0.3) is 0 Å². The molecule has 2 aromatic carbocycles. The fourth-order valence-corrected chi connectivity index (χ4v) is 4.38. The van der Waals surface area contributed by atoms with E-state index in [1.807, 2.05) is 24.3 Å². The van der Waals surface area contributed by atoms with E-state index in [4.69, 9.17) is 9.47 Å². The standard InChI is InChI=1S/C27H32N2O5/c1-19-9-11-22(12-10-19)33-15-14-28-13-5-6-21(17-28)18-34-27(32)23-7-3-4-8-24(23)29-25(30)16-20(2)26(29)31/h3-4,7-12,16,21,30-31H,5-6,13-15,17-18H2,1-2H3. The average molecular weight is 465 g/mol. The van der Waals surface area contributed by atoms with Crippen molar-refractivity contribution in [3.05, 3.63) is 71.3 Å². The Labute approximate surface area is 200 Å². The van der Waals surface area contributed by atoms with Crippen LogP contribution in [-0.2, 0) is 4.74 Å². The number of hydrogen-bond donors (Lipinski definition) is 2. The van der Waals surface area contributed by atoms with Gasteiger partial charge in [0.1, 0.15) is 12.4 Å². The molecule has 0 radical (unpaired) electrons. The highest BCUT2D eigenvalue weighted by atomic mass is 16.5. The summed E-state index contributed by atoms with van der Waals surface area (Å²) in [5, 5.41) is 20.6. The molecule has 3 aromatic rings. The number of ether oxygens (including phenoxy) is 2. The van der Waals surface area contributed by atoms with Crippen LogP contribution in [0.25, 0.3) is 5.69 Å². The zero-order chi connectivity index (χ0) is 24.1. The van der Waals surface area contributed by atoms with Crippen molar-refractivity contribution in [3.63, 3.8) is 0 Å². The monoisotopic (exact) mass is 464 g/mol. The van der Waals surface area contributed by atoms with Crippen LogP contribution in [0, 0.1) is 19.8 Å². The van der Waals surface area contributed by atoms with Crippen LogP contribution in [0.15, 0.2) is 54.6 Å². The van der Waals surface area contributed by atoms with Crippen LogP contribution in [0.3, 0.4) is 0 Å². The number of hydrogen-bond acceptors (Lipinski definition) is 6. The van der Waals surface area contributed by atoms with Gasteiger partial charge in [-0.3, -0.25) is 9.47 Å². The van der Waals surface area contributed by atoms with Gasteiger partial charge in [0.15, 0.2) is 5.88 Å². The first kappa shape index (κ1) is 23.7. The van der Waals surface area contributed by atoms with E-state index in [0.717, 1.165) is 38.2 Å². The molecule has 1 unspecified atom stereocenters. The van der Waals surface area contributed by atoms with Crippen LogP contribution < -0.4 is 4.74 Å². The number of esters is 1. The molecule has 0 bridgehead atoms. The summed E-state index contributed by atoms with van der Waals surface area (Å²) in [6.07, 6.45) is 2.05. The average Bonchev–Trinajstić information content (AvgIpc) is 3.10. The smallest absolute Gasteiger partial charge is 0.340 e. The molecule has 0 amide bonds. The molecule has 180 valence electrons. The fourth-order valence-electron chi connectivity index (χ4n) is 4.38. The maximum absolute atomic E-state index is 12.9. The van der Waals surface area contributed by atoms with Crippen molar-refractivity contribution in [2.45, 2.75) is 26.7 Å². The Hall–Kier alpha value is -3.45. The van der Waals surface area contributed by atoms with E-state index in [-0.39, 0.29) is 17.7 Å². The quantitative estimate of drug-likeness (QED) is 0.479.